The standard InChI is InChI=1S/C19H26N4O7/c20-12(10-11-4-2-1-3-5-11)17(27)22-13(6-8-15(21)24)18(28)23-14(19(29)30)7-9-16(25)26/h1-5,12-14H,6-10,20H2,(H2,21,24)(H,22,27)(H,23,28)(H,25,26)(H,29,30)/t12-,13-,14-/m0/s1. The molecule has 0 unspecified atom stereocenters. The van der Waals surface area contributed by atoms with Gasteiger partial charge in [-0.2, -0.15) is 0 Å². The van der Waals surface area contributed by atoms with Crippen LogP contribution >= 0.6 is 0 Å². The molecule has 11 nitrogen and oxygen atoms in total. The summed E-state index contributed by atoms with van der Waals surface area (Å²) in [6, 6.07) is 5.21. The number of nitrogens with one attached hydrogen (secondary N) is 2. The van der Waals surface area contributed by atoms with Gasteiger partial charge in [-0.15, -0.1) is 0 Å². The first-order valence-corrected chi connectivity index (χ1v) is 9.23. The van der Waals surface area contributed by atoms with Crippen LogP contribution in [0.4, 0.5) is 0 Å². The number of nitrogens with two attached hydrogens (primary N) is 2. The van der Waals surface area contributed by atoms with Gasteiger partial charge in [0.05, 0.1) is 6.04 Å². The normalized spacial score (nSPS) is 13.5. The summed E-state index contributed by atoms with van der Waals surface area (Å²) in [6.45, 7) is 0. The molecule has 0 saturated carbocycles. The number of carboxylic acids is 2. The zero-order chi connectivity index (χ0) is 22.7. The Bertz CT molecular complexity index is 769. The SMILES string of the molecule is NC(=O)CC[C@H](NC(=O)[C@@H](N)Cc1ccccc1)C(=O)N[C@@H](CCC(=O)O)C(=O)O. The van der Waals surface area contributed by atoms with Crippen molar-refractivity contribution < 1.29 is 34.2 Å². The van der Waals surface area contributed by atoms with Crippen molar-refractivity contribution in [1.29, 1.82) is 0 Å². The second kappa shape index (κ2) is 12.2. The van der Waals surface area contributed by atoms with Gasteiger partial charge in [0.1, 0.15) is 12.1 Å². The minimum absolute atomic E-state index is 0.170. The van der Waals surface area contributed by atoms with E-state index in [0.29, 0.717) is 0 Å². The van der Waals surface area contributed by atoms with Gasteiger partial charge in [-0.3, -0.25) is 19.2 Å². The van der Waals surface area contributed by atoms with E-state index >= 15 is 0 Å². The van der Waals surface area contributed by atoms with Crippen molar-refractivity contribution in [1.82, 2.24) is 10.6 Å². The maximum absolute atomic E-state index is 12.5. The molecule has 1 aromatic carbocycles. The van der Waals surface area contributed by atoms with E-state index < -0.39 is 54.2 Å². The van der Waals surface area contributed by atoms with Crippen LogP contribution in [0.1, 0.15) is 31.2 Å². The smallest absolute Gasteiger partial charge is 0.326 e. The molecule has 8 N–H and O–H groups in total. The van der Waals surface area contributed by atoms with E-state index in [0.717, 1.165) is 5.56 Å². The summed E-state index contributed by atoms with van der Waals surface area (Å²) in [5, 5.41) is 22.5. The van der Waals surface area contributed by atoms with Crippen LogP contribution in [0.25, 0.3) is 0 Å². The van der Waals surface area contributed by atoms with E-state index in [9.17, 15) is 29.1 Å². The summed E-state index contributed by atoms with van der Waals surface area (Å²) < 4.78 is 0. The molecule has 0 fully saturated rings. The Morgan fingerprint density at radius 2 is 1.43 bits per heavy atom. The quantitative estimate of drug-likeness (QED) is 0.226. The highest BCUT2D eigenvalue weighted by Crippen LogP contribution is 2.05. The molecule has 0 spiro atoms. The van der Waals surface area contributed by atoms with Crippen molar-refractivity contribution in [2.24, 2.45) is 11.5 Å². The molecule has 3 atom stereocenters. The second-order valence-corrected chi connectivity index (χ2v) is 6.69. The lowest BCUT2D eigenvalue weighted by Gasteiger charge is -2.22. The van der Waals surface area contributed by atoms with E-state index in [4.69, 9.17) is 16.6 Å². The van der Waals surface area contributed by atoms with Crippen LogP contribution in [0, 0.1) is 0 Å². The molecule has 30 heavy (non-hydrogen) atoms. The van der Waals surface area contributed by atoms with Crippen molar-refractivity contribution in [3.63, 3.8) is 0 Å². The molecule has 164 valence electrons. The van der Waals surface area contributed by atoms with E-state index in [1.165, 1.54) is 0 Å². The number of rotatable bonds is 13. The Balaban J connectivity index is 2.81. The van der Waals surface area contributed by atoms with E-state index in [-0.39, 0.29) is 25.7 Å². The monoisotopic (exact) mass is 422 g/mol. The zero-order valence-corrected chi connectivity index (χ0v) is 16.2. The predicted octanol–water partition coefficient (Wildman–Crippen LogP) is -1.26. The molecule has 0 saturated heterocycles. The van der Waals surface area contributed by atoms with Gasteiger partial charge in [0.25, 0.3) is 0 Å². The minimum Gasteiger partial charge on any atom is -0.481 e. The first-order chi connectivity index (χ1) is 14.1. The Morgan fingerprint density at radius 3 is 1.97 bits per heavy atom. The van der Waals surface area contributed by atoms with E-state index in [1.54, 1.807) is 24.3 Å². The molecule has 3 amide bonds. The average Bonchev–Trinajstić information content (AvgIpc) is 2.68. The number of carboxylic acid groups (broad SMARTS) is 2. The van der Waals surface area contributed by atoms with Crippen LogP contribution in [0.3, 0.4) is 0 Å². The number of benzene rings is 1. The number of hydrogen-bond acceptors (Lipinski definition) is 6. The number of primary amides is 1. The molecule has 1 aromatic rings. The minimum atomic E-state index is -1.47. The molecule has 1 rings (SSSR count). The third-order valence-corrected chi connectivity index (χ3v) is 4.21. The Morgan fingerprint density at radius 1 is 0.867 bits per heavy atom. The Kier molecular flexibility index (Phi) is 9.97. The summed E-state index contributed by atoms with van der Waals surface area (Å²) >= 11 is 0. The van der Waals surface area contributed by atoms with Crippen molar-refractivity contribution in [2.75, 3.05) is 0 Å². The fourth-order valence-electron chi connectivity index (χ4n) is 2.59. The average molecular weight is 422 g/mol. The van der Waals surface area contributed by atoms with Crippen molar-refractivity contribution >= 4 is 29.7 Å². The number of amides is 3. The molecule has 0 aliphatic rings. The van der Waals surface area contributed by atoms with Crippen molar-refractivity contribution in [3.05, 3.63) is 35.9 Å². The first kappa shape index (κ1) is 24.6. The van der Waals surface area contributed by atoms with E-state index in [2.05, 4.69) is 10.6 Å². The summed E-state index contributed by atoms with van der Waals surface area (Å²) in [7, 11) is 0. The summed E-state index contributed by atoms with van der Waals surface area (Å²) in [6.07, 6.45) is -1.03. The zero-order valence-electron chi connectivity index (χ0n) is 16.2. The molecular formula is C19H26N4O7. The molecule has 0 radical (unpaired) electrons. The largest absolute Gasteiger partial charge is 0.481 e. The Labute approximate surface area is 172 Å². The lowest BCUT2D eigenvalue weighted by Crippen LogP contribution is -2.55. The van der Waals surface area contributed by atoms with Crippen LogP contribution in [0.2, 0.25) is 0 Å². The molecule has 11 heteroatoms. The van der Waals surface area contributed by atoms with Crippen LogP contribution < -0.4 is 22.1 Å². The number of hydrogen-bond donors (Lipinski definition) is 6. The maximum atomic E-state index is 12.5. The fraction of sp³-hybridized carbons (Fsp3) is 0.421. The van der Waals surface area contributed by atoms with Gasteiger partial charge < -0.3 is 32.3 Å². The van der Waals surface area contributed by atoms with Crippen LogP contribution in [-0.4, -0.2) is 58.0 Å². The van der Waals surface area contributed by atoms with Gasteiger partial charge >= 0.3 is 11.9 Å². The second-order valence-electron chi connectivity index (χ2n) is 6.69. The highest BCUT2D eigenvalue weighted by atomic mass is 16.4. The van der Waals surface area contributed by atoms with Gasteiger partial charge in [0.15, 0.2) is 0 Å². The first-order valence-electron chi connectivity index (χ1n) is 9.23. The lowest BCUT2D eigenvalue weighted by molar-refractivity contribution is -0.143. The fourth-order valence-corrected chi connectivity index (χ4v) is 2.59. The molecular weight excluding hydrogens is 396 g/mol. The molecule has 0 aliphatic carbocycles. The third kappa shape index (κ3) is 9.15. The van der Waals surface area contributed by atoms with Crippen molar-refractivity contribution in [3.8, 4) is 0 Å². The van der Waals surface area contributed by atoms with Crippen LogP contribution in [-0.2, 0) is 30.4 Å². The highest BCUT2D eigenvalue weighted by molar-refractivity contribution is 5.92. The summed E-state index contributed by atoms with van der Waals surface area (Å²) in [5.41, 5.74) is 11.8. The predicted molar refractivity (Wildman–Crippen MR) is 105 cm³/mol. The number of carbonyl (C=O) groups excluding carboxylic acids is 3. The van der Waals surface area contributed by atoms with Crippen molar-refractivity contribution in [2.45, 2.75) is 50.2 Å². The molecule has 0 heterocycles. The Hall–Kier alpha value is -3.47. The molecule has 0 aromatic heterocycles. The van der Waals surface area contributed by atoms with E-state index in [1.807, 2.05) is 6.07 Å². The van der Waals surface area contributed by atoms with Crippen LogP contribution in [0.15, 0.2) is 30.3 Å². The summed E-state index contributed by atoms with van der Waals surface area (Å²) in [5.74, 6) is -4.90. The molecule has 0 aliphatic heterocycles. The number of aliphatic carboxylic acids is 2. The number of carbonyl (C=O) groups is 5. The highest BCUT2D eigenvalue weighted by Gasteiger charge is 2.28. The lowest BCUT2D eigenvalue weighted by atomic mass is 10.0. The summed E-state index contributed by atoms with van der Waals surface area (Å²) in [4.78, 5) is 58.0. The van der Waals surface area contributed by atoms with Gasteiger partial charge in [-0.05, 0) is 24.8 Å². The molecule has 0 bridgehead atoms. The third-order valence-electron chi connectivity index (χ3n) is 4.21. The topological polar surface area (TPSA) is 202 Å². The van der Waals surface area contributed by atoms with Gasteiger partial charge in [-0.25, -0.2) is 4.79 Å². The van der Waals surface area contributed by atoms with Crippen LogP contribution in [0.5, 0.6) is 0 Å². The van der Waals surface area contributed by atoms with Gasteiger partial charge in [-0.1, -0.05) is 30.3 Å². The van der Waals surface area contributed by atoms with Gasteiger partial charge in [0, 0.05) is 12.8 Å². The van der Waals surface area contributed by atoms with Gasteiger partial charge in [0.2, 0.25) is 17.7 Å². The maximum Gasteiger partial charge on any atom is 0.326 e.